The van der Waals surface area contributed by atoms with E-state index in [4.69, 9.17) is 4.74 Å². The molecule has 26 heavy (non-hydrogen) atoms. The number of alkyl halides is 3. The number of ether oxygens (including phenoxy) is 1. The van der Waals surface area contributed by atoms with E-state index >= 15 is 0 Å². The highest BCUT2D eigenvalue weighted by Gasteiger charge is 2.37. The number of hydrogen-bond donors (Lipinski definition) is 0. The minimum Gasteiger partial charge on any atom is -0.492 e. The molecule has 1 unspecified atom stereocenters. The van der Waals surface area contributed by atoms with E-state index in [0.717, 1.165) is 17.6 Å². The van der Waals surface area contributed by atoms with Crippen molar-refractivity contribution in [1.82, 2.24) is 19.5 Å². The molecule has 2 aromatic heterocycles. The van der Waals surface area contributed by atoms with Crippen molar-refractivity contribution in [2.75, 3.05) is 24.6 Å². The van der Waals surface area contributed by atoms with Crippen molar-refractivity contribution >= 4 is 23.3 Å². The first-order valence-electron chi connectivity index (χ1n) is 8.08. The molecule has 1 atom stereocenters. The largest absolute Gasteiger partial charge is 0.492 e. The lowest BCUT2D eigenvalue weighted by atomic mass is 10.1. The second kappa shape index (κ2) is 6.49. The molecule has 4 rings (SSSR count). The van der Waals surface area contributed by atoms with Crippen LogP contribution in [0.15, 0.2) is 24.6 Å². The Hall–Kier alpha value is -2.23. The molecule has 6 nitrogen and oxygen atoms in total. The van der Waals surface area contributed by atoms with Crippen LogP contribution in [-0.2, 0) is 10.9 Å². The number of halogens is 3. The first kappa shape index (κ1) is 17.2. The van der Waals surface area contributed by atoms with Gasteiger partial charge >= 0.3 is 6.18 Å². The highest BCUT2D eigenvalue weighted by molar-refractivity contribution is 7.99. The predicted octanol–water partition coefficient (Wildman–Crippen LogP) is 2.91. The molecule has 1 amide bonds. The molecular formula is C16H15F3N4O2S. The minimum absolute atomic E-state index is 0.0789. The molecule has 0 aliphatic carbocycles. The molecule has 0 radical (unpaired) electrons. The summed E-state index contributed by atoms with van der Waals surface area (Å²) in [6.07, 6.45) is -0.462. The van der Waals surface area contributed by atoms with Crippen LogP contribution in [0.2, 0.25) is 0 Å². The van der Waals surface area contributed by atoms with Crippen molar-refractivity contribution in [3.8, 4) is 0 Å². The van der Waals surface area contributed by atoms with E-state index in [9.17, 15) is 18.0 Å². The summed E-state index contributed by atoms with van der Waals surface area (Å²) in [6, 6.07) is 0.934. The summed E-state index contributed by atoms with van der Waals surface area (Å²) in [5.41, 5.74) is -0.844. The van der Waals surface area contributed by atoms with Gasteiger partial charge in [0.1, 0.15) is 17.4 Å². The van der Waals surface area contributed by atoms with Crippen molar-refractivity contribution < 1.29 is 22.7 Å². The lowest BCUT2D eigenvalue weighted by Gasteiger charge is -2.26. The Labute approximate surface area is 151 Å². The molecule has 10 heteroatoms. The van der Waals surface area contributed by atoms with Gasteiger partial charge in [-0.15, -0.1) is 0 Å². The van der Waals surface area contributed by atoms with Crippen molar-refractivity contribution in [1.29, 1.82) is 0 Å². The predicted molar refractivity (Wildman–Crippen MR) is 88.8 cm³/mol. The van der Waals surface area contributed by atoms with Crippen LogP contribution in [-0.4, -0.2) is 50.0 Å². The number of amides is 1. The van der Waals surface area contributed by atoms with Crippen LogP contribution < -0.4 is 0 Å². The summed E-state index contributed by atoms with van der Waals surface area (Å²) in [4.78, 5) is 18.7. The van der Waals surface area contributed by atoms with Crippen LogP contribution in [0.5, 0.6) is 0 Å². The Morgan fingerprint density at radius 1 is 1.31 bits per heavy atom. The molecule has 2 aliphatic heterocycles. The molecule has 138 valence electrons. The summed E-state index contributed by atoms with van der Waals surface area (Å²) < 4.78 is 46.5. The van der Waals surface area contributed by atoms with Crippen LogP contribution in [0.25, 0.3) is 5.65 Å². The van der Waals surface area contributed by atoms with E-state index in [0.29, 0.717) is 24.0 Å². The third kappa shape index (κ3) is 3.02. The summed E-state index contributed by atoms with van der Waals surface area (Å²) >= 11 is 1.74. The van der Waals surface area contributed by atoms with Crippen LogP contribution in [0, 0.1) is 0 Å². The molecule has 0 aromatic carbocycles. The SMILES string of the molecule is O=C(c1cnn2c(C(F)(F)F)cc(C3CC=CO3)nc12)N1CCSCC1. The Bertz CT molecular complexity index is 866. The van der Waals surface area contributed by atoms with E-state index in [1.54, 1.807) is 22.7 Å². The standard InChI is InChI=1S/C16H15F3N4O2S/c17-16(18,19)13-8-11(12-2-1-5-25-12)21-14-10(9-20-23(13)14)15(24)22-3-6-26-7-4-22/h1,5,8-9,12H,2-4,6-7H2. The lowest BCUT2D eigenvalue weighted by Crippen LogP contribution is -2.37. The number of thioether (sulfide) groups is 1. The molecule has 0 spiro atoms. The molecule has 0 bridgehead atoms. The minimum atomic E-state index is -4.63. The van der Waals surface area contributed by atoms with Crippen LogP contribution in [0.4, 0.5) is 13.2 Å². The van der Waals surface area contributed by atoms with Crippen molar-refractivity contribution in [3.05, 3.63) is 41.6 Å². The van der Waals surface area contributed by atoms with Crippen molar-refractivity contribution in [2.24, 2.45) is 0 Å². The number of carbonyl (C=O) groups excluding carboxylic acids is 1. The molecule has 2 aliphatic rings. The van der Waals surface area contributed by atoms with Gasteiger partial charge in [0.25, 0.3) is 5.91 Å². The lowest BCUT2D eigenvalue weighted by molar-refractivity contribution is -0.142. The Morgan fingerprint density at radius 2 is 2.08 bits per heavy atom. The van der Waals surface area contributed by atoms with Gasteiger partial charge in [-0.25, -0.2) is 9.50 Å². The van der Waals surface area contributed by atoms with E-state index in [1.165, 1.54) is 12.5 Å². The van der Waals surface area contributed by atoms with E-state index < -0.39 is 18.0 Å². The van der Waals surface area contributed by atoms with E-state index in [1.807, 2.05) is 0 Å². The highest BCUT2D eigenvalue weighted by atomic mass is 32.2. The van der Waals surface area contributed by atoms with Crippen LogP contribution in [0.1, 0.15) is 34.3 Å². The summed E-state index contributed by atoms with van der Waals surface area (Å²) in [7, 11) is 0. The summed E-state index contributed by atoms with van der Waals surface area (Å²) in [6.45, 7) is 1.12. The molecule has 1 saturated heterocycles. The molecule has 0 N–H and O–H groups in total. The van der Waals surface area contributed by atoms with Gasteiger partial charge in [0.05, 0.1) is 18.2 Å². The molecule has 1 fully saturated rings. The molecule has 4 heterocycles. The fourth-order valence-electron chi connectivity index (χ4n) is 3.01. The summed E-state index contributed by atoms with van der Waals surface area (Å²) in [5, 5.41) is 3.79. The fraction of sp³-hybridized carbons (Fsp3) is 0.438. The van der Waals surface area contributed by atoms with Gasteiger partial charge in [0.15, 0.2) is 5.65 Å². The molecule has 2 aromatic rings. The maximum atomic E-state index is 13.5. The smallest absolute Gasteiger partial charge is 0.433 e. The maximum Gasteiger partial charge on any atom is 0.433 e. The number of rotatable bonds is 2. The number of nitrogens with zero attached hydrogens (tertiary/aromatic N) is 4. The van der Waals surface area contributed by atoms with E-state index in [2.05, 4.69) is 10.1 Å². The quantitative estimate of drug-likeness (QED) is 0.797. The number of carbonyl (C=O) groups is 1. The van der Waals surface area contributed by atoms with Gasteiger partial charge in [-0.2, -0.15) is 30.0 Å². The normalized spacial score (nSPS) is 20.6. The van der Waals surface area contributed by atoms with Gasteiger partial charge in [0, 0.05) is 31.0 Å². The third-order valence-corrected chi connectivity index (χ3v) is 5.27. The maximum absolute atomic E-state index is 13.5. The molecule has 0 saturated carbocycles. The zero-order valence-electron chi connectivity index (χ0n) is 13.6. The Balaban J connectivity index is 1.82. The zero-order valence-corrected chi connectivity index (χ0v) is 14.4. The Kier molecular flexibility index (Phi) is 4.29. The van der Waals surface area contributed by atoms with Crippen molar-refractivity contribution in [3.63, 3.8) is 0 Å². The highest BCUT2D eigenvalue weighted by Crippen LogP contribution is 2.34. The molecular weight excluding hydrogens is 369 g/mol. The van der Waals surface area contributed by atoms with Gasteiger partial charge in [0.2, 0.25) is 0 Å². The van der Waals surface area contributed by atoms with Crippen LogP contribution in [0.3, 0.4) is 0 Å². The second-order valence-electron chi connectivity index (χ2n) is 5.99. The summed E-state index contributed by atoms with van der Waals surface area (Å²) in [5.74, 6) is 1.27. The van der Waals surface area contributed by atoms with Gasteiger partial charge in [-0.1, -0.05) is 0 Å². The average molecular weight is 384 g/mol. The van der Waals surface area contributed by atoms with Crippen molar-refractivity contribution in [2.45, 2.75) is 18.7 Å². The van der Waals surface area contributed by atoms with E-state index in [-0.39, 0.29) is 22.8 Å². The van der Waals surface area contributed by atoms with Gasteiger partial charge in [-0.3, -0.25) is 4.79 Å². The fourth-order valence-corrected chi connectivity index (χ4v) is 3.91. The van der Waals surface area contributed by atoms with Crippen LogP contribution >= 0.6 is 11.8 Å². The second-order valence-corrected chi connectivity index (χ2v) is 7.22. The monoisotopic (exact) mass is 384 g/mol. The van der Waals surface area contributed by atoms with Gasteiger partial charge in [-0.05, 0) is 12.1 Å². The average Bonchev–Trinajstić information content (AvgIpc) is 3.30. The number of fused-ring (bicyclic) bond motifs is 1. The first-order valence-corrected chi connectivity index (χ1v) is 9.24. The zero-order chi connectivity index (χ0) is 18.3. The topological polar surface area (TPSA) is 59.7 Å². The number of aromatic nitrogens is 3. The number of hydrogen-bond acceptors (Lipinski definition) is 5. The third-order valence-electron chi connectivity index (χ3n) is 4.33. The first-order chi connectivity index (χ1) is 12.4. The van der Waals surface area contributed by atoms with Gasteiger partial charge < -0.3 is 9.64 Å². The Morgan fingerprint density at radius 3 is 2.73 bits per heavy atom.